The number of aldehydes is 1. The molecule has 3 nitrogen and oxygen atoms in total. The van der Waals surface area contributed by atoms with Gasteiger partial charge in [0.15, 0.2) is 9.84 Å². The first-order valence-corrected chi connectivity index (χ1v) is 8.26. The Kier molecular flexibility index (Phi) is 5.71. The summed E-state index contributed by atoms with van der Waals surface area (Å²) in [7, 11) is -2.89. The Morgan fingerprint density at radius 2 is 1.82 bits per heavy atom. The normalized spacial score (nSPS) is 11.4. The minimum absolute atomic E-state index is 0.209. The highest BCUT2D eigenvalue weighted by molar-refractivity contribution is 8.00. The van der Waals surface area contributed by atoms with Gasteiger partial charge in [0.2, 0.25) is 0 Å². The van der Waals surface area contributed by atoms with Gasteiger partial charge in [0.25, 0.3) is 0 Å². The molecule has 0 bridgehead atoms. The Labute approximate surface area is 107 Å². The average molecular weight is 272 g/mol. The maximum Gasteiger partial charge on any atom is 0.151 e. The fourth-order valence-electron chi connectivity index (χ4n) is 1.34. The third kappa shape index (κ3) is 5.37. The number of carbonyl (C=O) groups excluding carboxylic acids is 1. The van der Waals surface area contributed by atoms with Gasteiger partial charge < -0.3 is 0 Å². The predicted octanol–water partition coefficient (Wildman–Crippen LogP) is 2.42. The van der Waals surface area contributed by atoms with Crippen LogP contribution in [0.5, 0.6) is 0 Å². The summed E-state index contributed by atoms with van der Waals surface area (Å²) in [6.07, 6.45) is 1.46. The number of hydrogen-bond acceptors (Lipinski definition) is 4. The fourth-order valence-corrected chi connectivity index (χ4v) is 4.08. The number of hydrogen-bond donors (Lipinski definition) is 0. The zero-order valence-electron chi connectivity index (χ0n) is 9.76. The Morgan fingerprint density at radius 3 is 2.35 bits per heavy atom. The molecule has 0 heterocycles. The van der Waals surface area contributed by atoms with E-state index >= 15 is 0 Å². The molecule has 0 N–H and O–H groups in total. The molecule has 0 spiro atoms. The van der Waals surface area contributed by atoms with Crippen LogP contribution in [0.2, 0.25) is 0 Å². The molecular weight excluding hydrogens is 256 g/mol. The number of sulfone groups is 1. The molecule has 0 aliphatic rings. The molecule has 0 fully saturated rings. The average Bonchev–Trinajstić information content (AvgIpc) is 2.29. The van der Waals surface area contributed by atoms with E-state index in [1.807, 2.05) is 19.1 Å². The highest BCUT2D eigenvalue weighted by atomic mass is 32.2. The SMILES string of the molecule is CCCS(=O)(=O)CCSc1ccc(C=O)cc1. The lowest BCUT2D eigenvalue weighted by Gasteiger charge is -2.03. The van der Waals surface area contributed by atoms with Gasteiger partial charge in [-0.15, -0.1) is 11.8 Å². The van der Waals surface area contributed by atoms with Crippen LogP contribution in [0.3, 0.4) is 0 Å². The van der Waals surface area contributed by atoms with Crippen LogP contribution in [0.1, 0.15) is 23.7 Å². The summed E-state index contributed by atoms with van der Waals surface area (Å²) in [5, 5.41) is 0. The van der Waals surface area contributed by atoms with Crippen molar-refractivity contribution in [2.45, 2.75) is 18.2 Å². The van der Waals surface area contributed by atoms with E-state index in [2.05, 4.69) is 0 Å². The summed E-state index contributed by atoms with van der Waals surface area (Å²) in [5.74, 6) is 1.03. The van der Waals surface area contributed by atoms with Gasteiger partial charge in [-0.2, -0.15) is 0 Å². The topological polar surface area (TPSA) is 51.2 Å². The molecule has 0 unspecified atom stereocenters. The van der Waals surface area contributed by atoms with Crippen molar-refractivity contribution >= 4 is 27.9 Å². The summed E-state index contributed by atoms with van der Waals surface area (Å²) in [5.41, 5.74) is 0.632. The molecule has 94 valence electrons. The molecule has 0 aliphatic carbocycles. The maximum absolute atomic E-state index is 11.5. The van der Waals surface area contributed by atoms with Gasteiger partial charge in [0.05, 0.1) is 5.75 Å². The van der Waals surface area contributed by atoms with Gasteiger partial charge in [-0.3, -0.25) is 4.79 Å². The third-order valence-corrected chi connectivity index (χ3v) is 5.32. The number of carbonyl (C=O) groups is 1. The van der Waals surface area contributed by atoms with E-state index in [0.29, 0.717) is 17.7 Å². The first kappa shape index (κ1) is 14.3. The molecule has 5 heteroatoms. The Morgan fingerprint density at radius 1 is 1.18 bits per heavy atom. The quantitative estimate of drug-likeness (QED) is 0.565. The molecule has 1 aromatic rings. The van der Waals surface area contributed by atoms with Crippen LogP contribution in [0, 0.1) is 0 Å². The van der Waals surface area contributed by atoms with Crippen molar-refractivity contribution in [1.29, 1.82) is 0 Å². The van der Waals surface area contributed by atoms with Crippen LogP contribution in [-0.4, -0.2) is 32.0 Å². The molecule has 0 radical (unpaired) electrons. The van der Waals surface area contributed by atoms with Crippen molar-refractivity contribution in [3.8, 4) is 0 Å². The van der Waals surface area contributed by atoms with Crippen molar-refractivity contribution in [1.82, 2.24) is 0 Å². The van der Waals surface area contributed by atoms with Crippen LogP contribution in [-0.2, 0) is 9.84 Å². The third-order valence-electron chi connectivity index (χ3n) is 2.19. The number of thioether (sulfide) groups is 1. The van der Waals surface area contributed by atoms with Crippen molar-refractivity contribution in [3.05, 3.63) is 29.8 Å². The first-order valence-electron chi connectivity index (χ1n) is 5.46. The smallest absolute Gasteiger partial charge is 0.151 e. The summed E-state index contributed by atoms with van der Waals surface area (Å²) in [6.45, 7) is 1.86. The van der Waals surface area contributed by atoms with Gasteiger partial charge in [0.1, 0.15) is 6.29 Å². The second kappa shape index (κ2) is 6.81. The second-order valence-electron chi connectivity index (χ2n) is 3.69. The minimum atomic E-state index is -2.89. The molecular formula is C12H16O3S2. The van der Waals surface area contributed by atoms with Crippen LogP contribution in [0.25, 0.3) is 0 Å². The summed E-state index contributed by atoms with van der Waals surface area (Å²) in [6, 6.07) is 7.13. The van der Waals surface area contributed by atoms with Gasteiger partial charge in [-0.1, -0.05) is 19.1 Å². The van der Waals surface area contributed by atoms with Crippen molar-refractivity contribution < 1.29 is 13.2 Å². The van der Waals surface area contributed by atoms with E-state index in [-0.39, 0.29) is 11.5 Å². The molecule has 0 aliphatic heterocycles. The molecule has 0 amide bonds. The van der Waals surface area contributed by atoms with Gasteiger partial charge in [-0.25, -0.2) is 8.42 Å². The predicted molar refractivity (Wildman–Crippen MR) is 71.5 cm³/mol. The van der Waals surface area contributed by atoms with Gasteiger partial charge in [0, 0.05) is 22.0 Å². The van der Waals surface area contributed by atoms with Crippen LogP contribution >= 0.6 is 11.8 Å². The second-order valence-corrected chi connectivity index (χ2v) is 7.16. The number of benzene rings is 1. The van der Waals surface area contributed by atoms with E-state index in [9.17, 15) is 13.2 Å². The fraction of sp³-hybridized carbons (Fsp3) is 0.417. The van der Waals surface area contributed by atoms with Gasteiger partial charge >= 0.3 is 0 Å². The largest absolute Gasteiger partial charge is 0.298 e. The molecule has 17 heavy (non-hydrogen) atoms. The molecule has 1 rings (SSSR count). The van der Waals surface area contributed by atoms with Crippen molar-refractivity contribution in [3.63, 3.8) is 0 Å². The van der Waals surface area contributed by atoms with Crippen molar-refractivity contribution in [2.24, 2.45) is 0 Å². The van der Waals surface area contributed by atoms with E-state index in [4.69, 9.17) is 0 Å². The van der Waals surface area contributed by atoms with E-state index < -0.39 is 9.84 Å². The summed E-state index contributed by atoms with van der Waals surface area (Å²) < 4.78 is 22.9. The Bertz CT molecular complexity index is 449. The molecule has 0 saturated heterocycles. The van der Waals surface area contributed by atoms with Crippen LogP contribution in [0.4, 0.5) is 0 Å². The first-order chi connectivity index (χ1) is 8.07. The van der Waals surface area contributed by atoms with Crippen LogP contribution < -0.4 is 0 Å². The summed E-state index contributed by atoms with van der Waals surface area (Å²) in [4.78, 5) is 11.4. The Balaban J connectivity index is 2.43. The molecule has 1 aromatic carbocycles. The van der Waals surface area contributed by atoms with E-state index in [0.717, 1.165) is 11.2 Å². The highest BCUT2D eigenvalue weighted by Gasteiger charge is 2.08. The zero-order valence-corrected chi connectivity index (χ0v) is 11.4. The number of rotatable bonds is 7. The maximum atomic E-state index is 11.5. The van der Waals surface area contributed by atoms with E-state index in [1.165, 1.54) is 11.8 Å². The molecule has 0 saturated carbocycles. The lowest BCUT2D eigenvalue weighted by Crippen LogP contribution is -2.12. The van der Waals surface area contributed by atoms with Gasteiger partial charge in [-0.05, 0) is 18.6 Å². The monoisotopic (exact) mass is 272 g/mol. The van der Waals surface area contributed by atoms with Crippen LogP contribution in [0.15, 0.2) is 29.2 Å². The minimum Gasteiger partial charge on any atom is -0.298 e. The zero-order chi connectivity index (χ0) is 12.7. The molecule has 0 aromatic heterocycles. The standard InChI is InChI=1S/C12H16O3S2/c1-2-8-17(14,15)9-7-16-12-5-3-11(10-13)4-6-12/h3-6,10H,2,7-9H2,1H3. The Hall–Kier alpha value is -0.810. The lowest BCUT2D eigenvalue weighted by atomic mass is 10.2. The van der Waals surface area contributed by atoms with E-state index in [1.54, 1.807) is 12.1 Å². The lowest BCUT2D eigenvalue weighted by molar-refractivity contribution is 0.112. The summed E-state index contributed by atoms with van der Waals surface area (Å²) >= 11 is 1.50. The molecule has 0 atom stereocenters. The highest BCUT2D eigenvalue weighted by Crippen LogP contribution is 2.18. The van der Waals surface area contributed by atoms with Crippen molar-refractivity contribution in [2.75, 3.05) is 17.3 Å².